The zero-order valence-corrected chi connectivity index (χ0v) is 13.7. The summed E-state index contributed by atoms with van der Waals surface area (Å²) in [6.45, 7) is 0.860. The minimum absolute atomic E-state index is 0.169. The summed E-state index contributed by atoms with van der Waals surface area (Å²) in [5.41, 5.74) is 0.501. The largest absolute Gasteiger partial charge is 0.486 e. The summed E-state index contributed by atoms with van der Waals surface area (Å²) in [6.07, 6.45) is 0. The molecule has 0 aromatic heterocycles. The lowest BCUT2D eigenvalue weighted by atomic mass is 10.2. The molecular formula is C15H12Cl2O4S. The van der Waals surface area contributed by atoms with Crippen molar-refractivity contribution in [2.45, 2.75) is 10.6 Å². The van der Waals surface area contributed by atoms with Crippen LogP contribution in [0.4, 0.5) is 0 Å². The number of hydrogen-bond donors (Lipinski definition) is 0. The molecule has 0 radical (unpaired) electrons. The first-order chi connectivity index (χ1) is 10.5. The van der Waals surface area contributed by atoms with Crippen LogP contribution in [0.2, 0.25) is 10.0 Å². The molecule has 3 rings (SSSR count). The summed E-state index contributed by atoms with van der Waals surface area (Å²) in [4.78, 5) is 0.169. The maximum absolute atomic E-state index is 12.5. The van der Waals surface area contributed by atoms with E-state index in [0.29, 0.717) is 40.3 Å². The average Bonchev–Trinajstić information content (AvgIpc) is 2.49. The fourth-order valence-electron chi connectivity index (χ4n) is 2.14. The molecule has 1 heterocycles. The van der Waals surface area contributed by atoms with E-state index in [1.807, 2.05) is 0 Å². The number of hydrogen-bond acceptors (Lipinski definition) is 4. The van der Waals surface area contributed by atoms with Crippen molar-refractivity contribution in [2.75, 3.05) is 13.2 Å². The maximum atomic E-state index is 12.5. The second-order valence-electron chi connectivity index (χ2n) is 4.80. The quantitative estimate of drug-likeness (QED) is 0.838. The Bertz CT molecular complexity index is 818. The standard InChI is InChI=1S/C15H12Cl2O4S/c16-11-2-1-10(13(17)7-11)9-22(18,19)12-3-4-14-15(8-12)21-6-5-20-14/h1-4,7-8H,5-6,9H2. The van der Waals surface area contributed by atoms with E-state index in [1.54, 1.807) is 18.2 Å². The van der Waals surface area contributed by atoms with Crippen LogP contribution in [-0.4, -0.2) is 21.6 Å². The first kappa shape index (κ1) is 15.5. The van der Waals surface area contributed by atoms with E-state index in [0.717, 1.165) is 0 Å². The Labute approximate surface area is 138 Å². The topological polar surface area (TPSA) is 52.6 Å². The average molecular weight is 359 g/mol. The molecule has 4 nitrogen and oxygen atoms in total. The van der Waals surface area contributed by atoms with Gasteiger partial charge in [0.1, 0.15) is 13.2 Å². The van der Waals surface area contributed by atoms with E-state index >= 15 is 0 Å². The van der Waals surface area contributed by atoms with E-state index < -0.39 is 9.84 Å². The monoisotopic (exact) mass is 358 g/mol. The molecule has 22 heavy (non-hydrogen) atoms. The highest BCUT2D eigenvalue weighted by Gasteiger charge is 2.21. The van der Waals surface area contributed by atoms with Gasteiger partial charge in [-0.1, -0.05) is 29.3 Å². The van der Waals surface area contributed by atoms with Crippen LogP contribution >= 0.6 is 23.2 Å². The van der Waals surface area contributed by atoms with Crippen LogP contribution in [0.15, 0.2) is 41.3 Å². The lowest BCUT2D eigenvalue weighted by Gasteiger charge is -2.18. The summed E-state index contributed by atoms with van der Waals surface area (Å²) in [5, 5.41) is 0.791. The highest BCUT2D eigenvalue weighted by molar-refractivity contribution is 7.90. The molecule has 0 saturated carbocycles. The molecule has 0 fully saturated rings. The van der Waals surface area contributed by atoms with Gasteiger partial charge in [-0.15, -0.1) is 0 Å². The molecule has 0 unspecified atom stereocenters. The van der Waals surface area contributed by atoms with E-state index in [2.05, 4.69) is 0 Å². The Balaban J connectivity index is 1.92. The number of halogens is 2. The molecule has 0 bridgehead atoms. The highest BCUT2D eigenvalue weighted by Crippen LogP contribution is 2.33. The third-order valence-corrected chi connectivity index (χ3v) is 5.48. The van der Waals surface area contributed by atoms with E-state index in [9.17, 15) is 8.42 Å². The van der Waals surface area contributed by atoms with Gasteiger partial charge in [-0.25, -0.2) is 8.42 Å². The fourth-order valence-corrected chi connectivity index (χ4v) is 4.09. The molecule has 1 aliphatic rings. The number of benzene rings is 2. The predicted molar refractivity (Wildman–Crippen MR) is 84.8 cm³/mol. The molecule has 2 aromatic rings. The van der Waals surface area contributed by atoms with Gasteiger partial charge in [0, 0.05) is 16.1 Å². The number of sulfone groups is 1. The van der Waals surface area contributed by atoms with Crippen LogP contribution in [0, 0.1) is 0 Å². The third-order valence-electron chi connectivity index (χ3n) is 3.23. The second kappa shape index (κ2) is 5.99. The molecule has 116 valence electrons. The molecular weight excluding hydrogens is 347 g/mol. The van der Waals surface area contributed by atoms with Gasteiger partial charge in [0.25, 0.3) is 0 Å². The molecule has 0 atom stereocenters. The number of fused-ring (bicyclic) bond motifs is 1. The Kier molecular flexibility index (Phi) is 4.21. The Morgan fingerprint density at radius 3 is 2.41 bits per heavy atom. The molecule has 0 spiro atoms. The van der Waals surface area contributed by atoms with E-state index in [1.165, 1.54) is 18.2 Å². The summed E-state index contributed by atoms with van der Waals surface area (Å²) in [7, 11) is -3.55. The van der Waals surface area contributed by atoms with Gasteiger partial charge in [-0.2, -0.15) is 0 Å². The maximum Gasteiger partial charge on any atom is 0.182 e. The zero-order chi connectivity index (χ0) is 15.7. The summed E-state index contributed by atoms with van der Waals surface area (Å²) < 4.78 is 35.9. The predicted octanol–water partition coefficient (Wildman–Crippen LogP) is 3.74. The van der Waals surface area contributed by atoms with Gasteiger partial charge in [-0.3, -0.25) is 0 Å². The summed E-state index contributed by atoms with van der Waals surface area (Å²) >= 11 is 11.9. The van der Waals surface area contributed by atoms with Crippen molar-refractivity contribution in [3.05, 3.63) is 52.0 Å². The molecule has 1 aliphatic heterocycles. The van der Waals surface area contributed by atoms with Gasteiger partial charge in [-0.05, 0) is 29.8 Å². The molecule has 0 N–H and O–H groups in total. The normalized spacial score (nSPS) is 13.9. The van der Waals surface area contributed by atoms with Gasteiger partial charge in [0.05, 0.1) is 10.6 Å². The SMILES string of the molecule is O=S(=O)(Cc1ccc(Cl)cc1Cl)c1ccc2c(c1)OCCO2. The van der Waals surface area contributed by atoms with Crippen molar-refractivity contribution >= 4 is 33.0 Å². The number of ether oxygens (including phenoxy) is 2. The van der Waals surface area contributed by atoms with E-state index in [4.69, 9.17) is 32.7 Å². The molecule has 0 aliphatic carbocycles. The summed E-state index contributed by atoms with van der Waals surface area (Å²) in [6, 6.07) is 9.34. The van der Waals surface area contributed by atoms with Crippen molar-refractivity contribution in [1.29, 1.82) is 0 Å². The molecule has 0 amide bonds. The Morgan fingerprint density at radius 1 is 0.955 bits per heavy atom. The highest BCUT2D eigenvalue weighted by atomic mass is 35.5. The smallest absolute Gasteiger partial charge is 0.182 e. The van der Waals surface area contributed by atoms with E-state index in [-0.39, 0.29) is 10.6 Å². The Morgan fingerprint density at radius 2 is 1.68 bits per heavy atom. The minimum atomic E-state index is -3.55. The number of rotatable bonds is 3. The van der Waals surface area contributed by atoms with Crippen molar-refractivity contribution < 1.29 is 17.9 Å². The van der Waals surface area contributed by atoms with Crippen molar-refractivity contribution in [3.63, 3.8) is 0 Å². The first-order valence-corrected chi connectivity index (χ1v) is 8.93. The van der Waals surface area contributed by atoms with Crippen molar-refractivity contribution in [1.82, 2.24) is 0 Å². The molecule has 2 aromatic carbocycles. The van der Waals surface area contributed by atoms with Crippen LogP contribution < -0.4 is 9.47 Å². The third kappa shape index (κ3) is 3.16. The van der Waals surface area contributed by atoms with Gasteiger partial charge >= 0.3 is 0 Å². The second-order valence-corrected chi connectivity index (χ2v) is 7.63. The lowest BCUT2D eigenvalue weighted by Crippen LogP contribution is -2.16. The van der Waals surface area contributed by atoms with Crippen LogP contribution in [-0.2, 0) is 15.6 Å². The van der Waals surface area contributed by atoms with Gasteiger partial charge in [0.2, 0.25) is 0 Å². The van der Waals surface area contributed by atoms with Crippen LogP contribution in [0.25, 0.3) is 0 Å². The fraction of sp³-hybridized carbons (Fsp3) is 0.200. The first-order valence-electron chi connectivity index (χ1n) is 6.52. The molecule has 0 saturated heterocycles. The van der Waals surface area contributed by atoms with Crippen LogP contribution in [0.1, 0.15) is 5.56 Å². The zero-order valence-electron chi connectivity index (χ0n) is 11.4. The van der Waals surface area contributed by atoms with Crippen molar-refractivity contribution in [2.24, 2.45) is 0 Å². The summed E-state index contributed by atoms with van der Waals surface area (Å²) in [5.74, 6) is 0.784. The van der Waals surface area contributed by atoms with Crippen LogP contribution in [0.5, 0.6) is 11.5 Å². The van der Waals surface area contributed by atoms with Gasteiger partial charge < -0.3 is 9.47 Å². The van der Waals surface area contributed by atoms with Gasteiger partial charge in [0.15, 0.2) is 21.3 Å². The Hall–Kier alpha value is -1.43. The minimum Gasteiger partial charge on any atom is -0.486 e. The molecule has 7 heteroatoms. The lowest BCUT2D eigenvalue weighted by molar-refractivity contribution is 0.171. The van der Waals surface area contributed by atoms with Crippen molar-refractivity contribution in [3.8, 4) is 11.5 Å². The van der Waals surface area contributed by atoms with Crippen LogP contribution in [0.3, 0.4) is 0 Å².